The van der Waals surface area contributed by atoms with E-state index in [0.717, 1.165) is 12.0 Å². The number of hydrogen-bond acceptors (Lipinski definition) is 2. The Balaban J connectivity index is 2.04. The number of hydrogen-bond donors (Lipinski definition) is 2. The summed E-state index contributed by atoms with van der Waals surface area (Å²) < 4.78 is 0. The van der Waals surface area contributed by atoms with Crippen molar-refractivity contribution < 1.29 is 9.59 Å². The Morgan fingerprint density at radius 3 is 2.44 bits per heavy atom. The summed E-state index contributed by atoms with van der Waals surface area (Å²) >= 11 is 11.9. The molecule has 0 saturated heterocycles. The fourth-order valence-electron chi connectivity index (χ4n) is 2.07. The number of amides is 2. The number of carbonyl (C=O) groups excluding carboxylic acids is 2. The fourth-order valence-corrected chi connectivity index (χ4v) is 2.36. The molecular weight excluding hydrogens is 359 g/mol. The molecule has 0 spiro atoms. The summed E-state index contributed by atoms with van der Waals surface area (Å²) in [4.78, 5) is 23.7. The number of carbonyl (C=O) groups is 2. The second-order valence-electron chi connectivity index (χ2n) is 5.37. The quantitative estimate of drug-likeness (QED) is 0.664. The van der Waals surface area contributed by atoms with Crippen molar-refractivity contribution in [2.24, 2.45) is 0 Å². The maximum atomic E-state index is 12.1. The van der Waals surface area contributed by atoms with Gasteiger partial charge in [-0.25, -0.2) is 0 Å². The van der Waals surface area contributed by atoms with Crippen molar-refractivity contribution in [3.63, 3.8) is 0 Å². The predicted molar refractivity (Wildman–Crippen MR) is 104 cm³/mol. The second kappa shape index (κ2) is 9.25. The molecule has 6 heteroatoms. The van der Waals surface area contributed by atoms with Gasteiger partial charge in [-0.3, -0.25) is 9.59 Å². The van der Waals surface area contributed by atoms with Crippen LogP contribution in [0, 0.1) is 0 Å². The molecule has 0 aliphatic heterocycles. The Morgan fingerprint density at radius 1 is 1.04 bits per heavy atom. The van der Waals surface area contributed by atoms with Gasteiger partial charge in [-0.2, -0.15) is 0 Å². The monoisotopic (exact) mass is 376 g/mol. The summed E-state index contributed by atoms with van der Waals surface area (Å²) in [6.45, 7) is 1.93. The highest BCUT2D eigenvalue weighted by Gasteiger charge is 2.07. The average molecular weight is 377 g/mol. The Kier molecular flexibility index (Phi) is 7.04. The number of nitrogens with one attached hydrogen (secondary N) is 2. The van der Waals surface area contributed by atoms with E-state index in [2.05, 4.69) is 10.6 Å². The predicted octanol–water partition coefficient (Wildman–Crippen LogP) is 5.38. The third-order valence-corrected chi connectivity index (χ3v) is 3.86. The zero-order valence-corrected chi connectivity index (χ0v) is 15.2. The molecule has 0 aliphatic carbocycles. The Hall–Kier alpha value is -2.30. The average Bonchev–Trinajstić information content (AvgIpc) is 2.57. The summed E-state index contributed by atoms with van der Waals surface area (Å²) in [5.41, 5.74) is 1.87. The molecule has 2 aromatic carbocycles. The molecule has 2 N–H and O–H groups in total. The SMILES string of the molecule is CCCC(=O)Nc1ccc(Cl)c(NC(=O)/C=C/c2ccc(Cl)cc2)c1. The zero-order valence-electron chi connectivity index (χ0n) is 13.7. The molecule has 0 atom stereocenters. The van der Waals surface area contributed by atoms with Gasteiger partial charge in [0.15, 0.2) is 0 Å². The number of halogens is 2. The number of anilines is 2. The van der Waals surface area contributed by atoms with Crippen LogP contribution in [-0.4, -0.2) is 11.8 Å². The first-order valence-electron chi connectivity index (χ1n) is 7.82. The van der Waals surface area contributed by atoms with E-state index in [1.54, 1.807) is 36.4 Å². The van der Waals surface area contributed by atoms with Gasteiger partial charge in [-0.15, -0.1) is 0 Å². The van der Waals surface area contributed by atoms with E-state index in [1.165, 1.54) is 6.08 Å². The molecule has 0 radical (unpaired) electrons. The first-order chi connectivity index (χ1) is 12.0. The van der Waals surface area contributed by atoms with E-state index in [-0.39, 0.29) is 11.8 Å². The van der Waals surface area contributed by atoms with E-state index in [0.29, 0.717) is 27.8 Å². The van der Waals surface area contributed by atoms with E-state index in [1.807, 2.05) is 19.1 Å². The smallest absolute Gasteiger partial charge is 0.248 e. The molecule has 2 aromatic rings. The van der Waals surface area contributed by atoms with Crippen molar-refractivity contribution in [3.05, 3.63) is 64.1 Å². The van der Waals surface area contributed by atoms with Crippen molar-refractivity contribution in [2.75, 3.05) is 10.6 Å². The van der Waals surface area contributed by atoms with Crippen LogP contribution in [0.25, 0.3) is 6.08 Å². The maximum Gasteiger partial charge on any atom is 0.248 e. The topological polar surface area (TPSA) is 58.2 Å². The first kappa shape index (κ1) is 19.0. The van der Waals surface area contributed by atoms with Gasteiger partial charge in [0, 0.05) is 23.2 Å². The van der Waals surface area contributed by atoms with Gasteiger partial charge in [0.05, 0.1) is 10.7 Å². The van der Waals surface area contributed by atoms with Crippen LogP contribution >= 0.6 is 23.2 Å². The molecule has 25 heavy (non-hydrogen) atoms. The molecule has 130 valence electrons. The van der Waals surface area contributed by atoms with Crippen LogP contribution in [0.4, 0.5) is 11.4 Å². The lowest BCUT2D eigenvalue weighted by atomic mass is 10.2. The van der Waals surface area contributed by atoms with Crippen LogP contribution in [0.15, 0.2) is 48.5 Å². The minimum atomic E-state index is -0.325. The lowest BCUT2D eigenvalue weighted by molar-refractivity contribution is -0.116. The second-order valence-corrected chi connectivity index (χ2v) is 6.21. The van der Waals surface area contributed by atoms with Crippen LogP contribution in [0.3, 0.4) is 0 Å². The number of benzene rings is 2. The van der Waals surface area contributed by atoms with E-state index in [4.69, 9.17) is 23.2 Å². The Morgan fingerprint density at radius 2 is 1.76 bits per heavy atom. The van der Waals surface area contributed by atoms with Crippen molar-refractivity contribution in [1.82, 2.24) is 0 Å². The molecule has 0 bridgehead atoms. The molecule has 0 heterocycles. The van der Waals surface area contributed by atoms with Crippen LogP contribution in [-0.2, 0) is 9.59 Å². The van der Waals surface area contributed by atoms with Gasteiger partial charge in [0.2, 0.25) is 11.8 Å². The molecule has 4 nitrogen and oxygen atoms in total. The van der Waals surface area contributed by atoms with Gasteiger partial charge in [0.25, 0.3) is 0 Å². The largest absolute Gasteiger partial charge is 0.326 e. The van der Waals surface area contributed by atoms with Crippen LogP contribution in [0.1, 0.15) is 25.3 Å². The fraction of sp³-hybridized carbons (Fsp3) is 0.158. The minimum absolute atomic E-state index is 0.0790. The summed E-state index contributed by atoms with van der Waals surface area (Å²) in [7, 11) is 0. The third kappa shape index (κ3) is 6.25. The van der Waals surface area contributed by atoms with Crippen molar-refractivity contribution in [2.45, 2.75) is 19.8 Å². The van der Waals surface area contributed by atoms with Gasteiger partial charge < -0.3 is 10.6 Å². The van der Waals surface area contributed by atoms with Gasteiger partial charge in [-0.1, -0.05) is 42.3 Å². The lowest BCUT2D eigenvalue weighted by Gasteiger charge is -2.09. The minimum Gasteiger partial charge on any atom is -0.326 e. The Labute approximate surface area is 156 Å². The highest BCUT2D eigenvalue weighted by atomic mass is 35.5. The Bertz CT molecular complexity index is 787. The molecule has 0 fully saturated rings. The summed E-state index contributed by atoms with van der Waals surface area (Å²) in [5.74, 6) is -0.404. The summed E-state index contributed by atoms with van der Waals surface area (Å²) in [5, 5.41) is 6.49. The van der Waals surface area contributed by atoms with Gasteiger partial charge in [0.1, 0.15) is 0 Å². The highest BCUT2D eigenvalue weighted by molar-refractivity contribution is 6.34. The van der Waals surface area contributed by atoms with Crippen molar-refractivity contribution in [1.29, 1.82) is 0 Å². The molecular formula is C19H18Cl2N2O2. The van der Waals surface area contributed by atoms with Gasteiger partial charge in [-0.05, 0) is 48.4 Å². The molecule has 2 rings (SSSR count). The molecule has 0 saturated carbocycles. The summed E-state index contributed by atoms with van der Waals surface area (Å²) in [6, 6.07) is 12.1. The standard InChI is InChI=1S/C19H18Cl2N2O2/c1-2-3-18(24)22-15-9-10-16(21)17(12-15)23-19(25)11-6-13-4-7-14(20)8-5-13/h4-12H,2-3H2,1H3,(H,22,24)(H,23,25)/b11-6+. The molecule has 2 amide bonds. The molecule has 0 aliphatic rings. The third-order valence-electron chi connectivity index (χ3n) is 3.28. The lowest BCUT2D eigenvalue weighted by Crippen LogP contribution is -2.12. The van der Waals surface area contributed by atoms with E-state index in [9.17, 15) is 9.59 Å². The first-order valence-corrected chi connectivity index (χ1v) is 8.57. The summed E-state index contributed by atoms with van der Waals surface area (Å²) in [6.07, 6.45) is 4.28. The number of rotatable bonds is 6. The molecule has 0 unspecified atom stereocenters. The van der Waals surface area contributed by atoms with Gasteiger partial charge >= 0.3 is 0 Å². The van der Waals surface area contributed by atoms with Crippen LogP contribution < -0.4 is 10.6 Å². The highest BCUT2D eigenvalue weighted by Crippen LogP contribution is 2.25. The van der Waals surface area contributed by atoms with E-state index < -0.39 is 0 Å². The maximum absolute atomic E-state index is 12.1. The van der Waals surface area contributed by atoms with Crippen molar-refractivity contribution >= 4 is 52.5 Å². The molecule has 0 aromatic heterocycles. The van der Waals surface area contributed by atoms with Crippen LogP contribution in [0.5, 0.6) is 0 Å². The zero-order chi connectivity index (χ0) is 18.2. The van der Waals surface area contributed by atoms with E-state index >= 15 is 0 Å². The normalized spacial score (nSPS) is 10.7. The van der Waals surface area contributed by atoms with Crippen LogP contribution in [0.2, 0.25) is 10.0 Å². The van der Waals surface area contributed by atoms with Crippen molar-refractivity contribution in [3.8, 4) is 0 Å².